The SMILES string of the molecule is Cc1nc(OC2CC(C)C2)ccc1I. The lowest BCUT2D eigenvalue weighted by atomic mass is 9.84. The first-order chi connectivity index (χ1) is 6.65. The molecule has 1 fully saturated rings. The smallest absolute Gasteiger partial charge is 0.213 e. The molecule has 0 aliphatic heterocycles. The van der Waals surface area contributed by atoms with Gasteiger partial charge in [-0.2, -0.15) is 0 Å². The van der Waals surface area contributed by atoms with E-state index in [0.29, 0.717) is 6.10 Å². The lowest BCUT2D eigenvalue weighted by Gasteiger charge is -2.32. The maximum Gasteiger partial charge on any atom is 0.213 e. The van der Waals surface area contributed by atoms with E-state index in [1.807, 2.05) is 13.0 Å². The van der Waals surface area contributed by atoms with Crippen LogP contribution in [0.2, 0.25) is 0 Å². The van der Waals surface area contributed by atoms with Gasteiger partial charge in [-0.1, -0.05) is 6.92 Å². The van der Waals surface area contributed by atoms with E-state index in [2.05, 4.69) is 40.6 Å². The third kappa shape index (κ3) is 2.19. The summed E-state index contributed by atoms with van der Waals surface area (Å²) in [6, 6.07) is 4.01. The lowest BCUT2D eigenvalue weighted by molar-refractivity contribution is 0.0694. The van der Waals surface area contributed by atoms with E-state index in [1.54, 1.807) is 0 Å². The van der Waals surface area contributed by atoms with Gasteiger partial charge in [0.2, 0.25) is 5.88 Å². The monoisotopic (exact) mass is 303 g/mol. The van der Waals surface area contributed by atoms with E-state index in [4.69, 9.17) is 4.74 Å². The number of hydrogen-bond acceptors (Lipinski definition) is 2. The minimum absolute atomic E-state index is 0.400. The first-order valence-corrected chi connectivity index (χ1v) is 6.03. The molecule has 0 radical (unpaired) electrons. The second kappa shape index (κ2) is 4.04. The van der Waals surface area contributed by atoms with Gasteiger partial charge in [0.15, 0.2) is 0 Å². The summed E-state index contributed by atoms with van der Waals surface area (Å²) >= 11 is 2.28. The molecule has 2 rings (SSSR count). The number of hydrogen-bond donors (Lipinski definition) is 0. The molecule has 0 unspecified atom stereocenters. The van der Waals surface area contributed by atoms with E-state index >= 15 is 0 Å². The Kier molecular flexibility index (Phi) is 2.95. The van der Waals surface area contributed by atoms with E-state index in [1.165, 1.54) is 16.4 Å². The maximum atomic E-state index is 5.74. The molecule has 0 aromatic carbocycles. The molecule has 3 heteroatoms. The predicted octanol–water partition coefficient (Wildman–Crippen LogP) is 3.17. The Labute approximate surface area is 98.2 Å². The largest absolute Gasteiger partial charge is 0.474 e. The average Bonchev–Trinajstić information content (AvgIpc) is 2.09. The topological polar surface area (TPSA) is 22.1 Å². The molecule has 1 aliphatic rings. The van der Waals surface area contributed by atoms with Gasteiger partial charge in [-0.15, -0.1) is 0 Å². The molecule has 0 saturated heterocycles. The molecule has 0 amide bonds. The number of rotatable bonds is 2. The molecule has 0 bridgehead atoms. The lowest BCUT2D eigenvalue weighted by Crippen LogP contribution is -2.32. The molecular formula is C11H14INO. The molecule has 76 valence electrons. The summed E-state index contributed by atoms with van der Waals surface area (Å²) in [6.07, 6.45) is 2.75. The first-order valence-electron chi connectivity index (χ1n) is 4.95. The van der Waals surface area contributed by atoms with Crippen LogP contribution in [0.5, 0.6) is 5.88 Å². The minimum atomic E-state index is 0.400. The fourth-order valence-corrected chi connectivity index (χ4v) is 1.98. The second-order valence-corrected chi connectivity index (χ2v) is 5.20. The van der Waals surface area contributed by atoms with Gasteiger partial charge in [-0.3, -0.25) is 0 Å². The number of aryl methyl sites for hydroxylation is 1. The summed E-state index contributed by atoms with van der Waals surface area (Å²) in [5, 5.41) is 0. The second-order valence-electron chi connectivity index (χ2n) is 4.03. The zero-order valence-corrected chi connectivity index (χ0v) is 10.6. The first kappa shape index (κ1) is 10.2. The molecule has 1 aliphatic carbocycles. The normalized spacial score (nSPS) is 25.6. The van der Waals surface area contributed by atoms with Crippen LogP contribution < -0.4 is 4.74 Å². The summed E-state index contributed by atoms with van der Waals surface area (Å²) in [7, 11) is 0. The quantitative estimate of drug-likeness (QED) is 0.783. The Morgan fingerprint density at radius 2 is 2.14 bits per heavy atom. The van der Waals surface area contributed by atoms with Crippen molar-refractivity contribution in [3.8, 4) is 5.88 Å². The summed E-state index contributed by atoms with van der Waals surface area (Å²) in [4.78, 5) is 4.39. The fourth-order valence-electron chi connectivity index (χ4n) is 1.68. The van der Waals surface area contributed by atoms with Gasteiger partial charge < -0.3 is 4.74 Å². The number of nitrogens with zero attached hydrogens (tertiary/aromatic N) is 1. The summed E-state index contributed by atoms with van der Waals surface area (Å²) in [6.45, 7) is 4.27. The van der Waals surface area contributed by atoms with Crippen LogP contribution in [0.25, 0.3) is 0 Å². The van der Waals surface area contributed by atoms with Crippen LogP contribution in [-0.2, 0) is 0 Å². The molecule has 1 heterocycles. The number of aromatic nitrogens is 1. The predicted molar refractivity (Wildman–Crippen MR) is 64.5 cm³/mol. The minimum Gasteiger partial charge on any atom is -0.474 e. The standard InChI is InChI=1S/C11H14INO/c1-7-5-9(6-7)14-11-4-3-10(12)8(2)13-11/h3-4,7,9H,5-6H2,1-2H3. The number of ether oxygens (including phenoxy) is 1. The maximum absolute atomic E-state index is 5.74. The molecule has 1 saturated carbocycles. The van der Waals surface area contributed by atoms with Crippen molar-refractivity contribution < 1.29 is 4.74 Å². The molecule has 0 spiro atoms. The molecule has 1 aromatic heterocycles. The van der Waals surface area contributed by atoms with E-state index < -0.39 is 0 Å². The summed E-state index contributed by atoms with van der Waals surface area (Å²) in [5.74, 6) is 1.60. The van der Waals surface area contributed by atoms with Crippen LogP contribution in [0.4, 0.5) is 0 Å². The van der Waals surface area contributed by atoms with Gasteiger partial charge in [0.25, 0.3) is 0 Å². The zero-order valence-electron chi connectivity index (χ0n) is 8.46. The molecular weight excluding hydrogens is 289 g/mol. The highest BCUT2D eigenvalue weighted by molar-refractivity contribution is 14.1. The van der Waals surface area contributed by atoms with E-state index in [9.17, 15) is 0 Å². The van der Waals surface area contributed by atoms with Crippen molar-refractivity contribution in [3.63, 3.8) is 0 Å². The fraction of sp³-hybridized carbons (Fsp3) is 0.545. The van der Waals surface area contributed by atoms with Crippen molar-refractivity contribution in [2.24, 2.45) is 5.92 Å². The highest BCUT2D eigenvalue weighted by atomic mass is 127. The van der Waals surface area contributed by atoms with Crippen LogP contribution in [0.15, 0.2) is 12.1 Å². The van der Waals surface area contributed by atoms with Crippen LogP contribution in [-0.4, -0.2) is 11.1 Å². The number of pyridine rings is 1. The highest BCUT2D eigenvalue weighted by Crippen LogP contribution is 2.30. The summed E-state index contributed by atoms with van der Waals surface area (Å²) < 4.78 is 6.93. The Bertz CT molecular complexity index is 334. The van der Waals surface area contributed by atoms with Crippen LogP contribution in [0.1, 0.15) is 25.5 Å². The third-order valence-corrected chi connectivity index (χ3v) is 3.75. The van der Waals surface area contributed by atoms with Crippen molar-refractivity contribution in [2.75, 3.05) is 0 Å². The van der Waals surface area contributed by atoms with Crippen LogP contribution >= 0.6 is 22.6 Å². The Morgan fingerprint density at radius 3 is 2.71 bits per heavy atom. The van der Waals surface area contributed by atoms with Crippen molar-refractivity contribution >= 4 is 22.6 Å². The third-order valence-electron chi connectivity index (χ3n) is 2.61. The van der Waals surface area contributed by atoms with Crippen LogP contribution in [0.3, 0.4) is 0 Å². The Balaban J connectivity index is 2.00. The van der Waals surface area contributed by atoms with Crippen LogP contribution in [0, 0.1) is 16.4 Å². The van der Waals surface area contributed by atoms with Gasteiger partial charge in [0.1, 0.15) is 6.10 Å². The average molecular weight is 303 g/mol. The van der Waals surface area contributed by atoms with Crippen molar-refractivity contribution in [1.29, 1.82) is 0 Å². The van der Waals surface area contributed by atoms with Gasteiger partial charge in [0, 0.05) is 9.64 Å². The van der Waals surface area contributed by atoms with Gasteiger partial charge in [-0.25, -0.2) is 4.98 Å². The highest BCUT2D eigenvalue weighted by Gasteiger charge is 2.27. The molecule has 0 N–H and O–H groups in total. The molecule has 2 nitrogen and oxygen atoms in total. The summed E-state index contributed by atoms with van der Waals surface area (Å²) in [5.41, 5.74) is 1.05. The Morgan fingerprint density at radius 1 is 1.43 bits per heavy atom. The van der Waals surface area contributed by atoms with Gasteiger partial charge in [0.05, 0.1) is 5.69 Å². The molecule has 14 heavy (non-hydrogen) atoms. The van der Waals surface area contributed by atoms with E-state index in [0.717, 1.165) is 17.5 Å². The number of halogens is 1. The molecule has 1 aromatic rings. The zero-order chi connectivity index (χ0) is 10.1. The van der Waals surface area contributed by atoms with Crippen molar-refractivity contribution in [2.45, 2.75) is 32.8 Å². The van der Waals surface area contributed by atoms with Gasteiger partial charge >= 0.3 is 0 Å². The van der Waals surface area contributed by atoms with Gasteiger partial charge in [-0.05, 0) is 54.3 Å². The van der Waals surface area contributed by atoms with Crippen molar-refractivity contribution in [1.82, 2.24) is 4.98 Å². The van der Waals surface area contributed by atoms with E-state index in [-0.39, 0.29) is 0 Å². The van der Waals surface area contributed by atoms with Crippen molar-refractivity contribution in [3.05, 3.63) is 21.4 Å². The Hall–Kier alpha value is -0.320. The molecule has 0 atom stereocenters.